The second kappa shape index (κ2) is 7.44. The first-order valence-electron chi connectivity index (χ1n) is 7.76. The molecule has 1 atom stereocenters. The van der Waals surface area contributed by atoms with E-state index in [2.05, 4.69) is 5.32 Å². The van der Waals surface area contributed by atoms with E-state index in [0.717, 1.165) is 16.2 Å². The zero-order chi connectivity index (χ0) is 17.7. The van der Waals surface area contributed by atoms with Crippen LogP contribution in [0.4, 0.5) is 0 Å². The monoisotopic (exact) mass is 334 g/mol. The Hall–Kier alpha value is -2.41. The highest BCUT2D eigenvalue weighted by Gasteiger charge is 2.31. The van der Waals surface area contributed by atoms with E-state index in [1.54, 1.807) is 26.2 Å². The minimum Gasteiger partial charge on any atom is -0.497 e. The van der Waals surface area contributed by atoms with E-state index in [4.69, 9.17) is 4.74 Å². The van der Waals surface area contributed by atoms with Crippen molar-refractivity contribution >= 4 is 17.7 Å². The molecule has 1 aromatic carbocycles. The molecule has 1 heterocycles. The summed E-state index contributed by atoms with van der Waals surface area (Å²) in [6.45, 7) is 1.34. The predicted octanol–water partition coefficient (Wildman–Crippen LogP) is 0.254. The van der Waals surface area contributed by atoms with Gasteiger partial charge in [0.1, 0.15) is 12.3 Å². The van der Waals surface area contributed by atoms with Gasteiger partial charge >= 0.3 is 0 Å². The topological polar surface area (TPSA) is 95.9 Å². The summed E-state index contributed by atoms with van der Waals surface area (Å²) in [5, 5.41) is 13.0. The summed E-state index contributed by atoms with van der Waals surface area (Å²) in [6.07, 6.45) is 0.654. The average molecular weight is 334 g/mol. The Kier molecular flexibility index (Phi) is 5.56. The third kappa shape index (κ3) is 4.79. The van der Waals surface area contributed by atoms with Crippen LogP contribution in [0.2, 0.25) is 0 Å². The number of aliphatic hydroxyl groups is 1. The van der Waals surface area contributed by atoms with E-state index in [9.17, 15) is 19.5 Å². The molecule has 130 valence electrons. The van der Waals surface area contributed by atoms with Gasteiger partial charge in [-0.05, 0) is 24.6 Å². The molecule has 0 aromatic heterocycles. The van der Waals surface area contributed by atoms with Gasteiger partial charge in [0.15, 0.2) is 0 Å². The number of hydrogen-bond acceptors (Lipinski definition) is 5. The number of rotatable bonds is 7. The van der Waals surface area contributed by atoms with Crippen LogP contribution in [0.25, 0.3) is 0 Å². The quantitative estimate of drug-likeness (QED) is 0.697. The number of likely N-dealkylation sites (tertiary alicyclic amines) is 1. The van der Waals surface area contributed by atoms with E-state index in [-0.39, 0.29) is 37.7 Å². The van der Waals surface area contributed by atoms with E-state index in [1.807, 2.05) is 12.1 Å². The largest absolute Gasteiger partial charge is 0.497 e. The van der Waals surface area contributed by atoms with Crippen molar-refractivity contribution in [3.8, 4) is 5.75 Å². The lowest BCUT2D eigenvalue weighted by Crippen LogP contribution is -2.46. The molecule has 0 bridgehead atoms. The number of carbonyl (C=O) groups excluding carboxylic acids is 3. The number of methoxy groups -OCH3 is 1. The fourth-order valence-corrected chi connectivity index (χ4v) is 2.53. The molecule has 1 saturated heterocycles. The second-order valence-corrected chi connectivity index (χ2v) is 6.17. The highest BCUT2D eigenvalue weighted by Crippen LogP contribution is 2.17. The first kappa shape index (κ1) is 17.9. The SMILES string of the molecule is COc1ccc(CC(C)(O)CNC(=O)CN2C(=O)CCC2=O)cc1. The Morgan fingerprint density at radius 1 is 1.25 bits per heavy atom. The maximum absolute atomic E-state index is 11.9. The first-order valence-corrected chi connectivity index (χ1v) is 7.76. The van der Waals surface area contributed by atoms with Crippen molar-refractivity contribution in [3.63, 3.8) is 0 Å². The van der Waals surface area contributed by atoms with Crippen molar-refractivity contribution < 1.29 is 24.2 Å². The summed E-state index contributed by atoms with van der Waals surface area (Å²) < 4.78 is 5.08. The van der Waals surface area contributed by atoms with Crippen LogP contribution < -0.4 is 10.1 Å². The molecular formula is C17H22N2O5. The Morgan fingerprint density at radius 2 is 1.83 bits per heavy atom. The van der Waals surface area contributed by atoms with E-state index >= 15 is 0 Å². The molecule has 0 aliphatic carbocycles. The second-order valence-electron chi connectivity index (χ2n) is 6.17. The number of ether oxygens (including phenoxy) is 1. The summed E-state index contributed by atoms with van der Waals surface area (Å²) in [7, 11) is 1.58. The molecule has 0 radical (unpaired) electrons. The van der Waals surface area contributed by atoms with Gasteiger partial charge in [0, 0.05) is 25.8 Å². The lowest BCUT2D eigenvalue weighted by atomic mass is 9.96. The highest BCUT2D eigenvalue weighted by molar-refractivity contribution is 6.04. The molecule has 7 nitrogen and oxygen atoms in total. The third-order valence-corrected chi connectivity index (χ3v) is 3.87. The van der Waals surface area contributed by atoms with Crippen LogP contribution in [0.5, 0.6) is 5.75 Å². The Labute approximate surface area is 140 Å². The Balaban J connectivity index is 1.83. The third-order valence-electron chi connectivity index (χ3n) is 3.87. The molecule has 2 N–H and O–H groups in total. The number of hydrogen-bond donors (Lipinski definition) is 2. The molecule has 1 fully saturated rings. The van der Waals surface area contributed by atoms with Crippen LogP contribution in [0.1, 0.15) is 25.3 Å². The fraction of sp³-hybridized carbons (Fsp3) is 0.471. The van der Waals surface area contributed by atoms with Crippen molar-refractivity contribution in [2.45, 2.75) is 31.8 Å². The number of nitrogens with zero attached hydrogens (tertiary/aromatic N) is 1. The molecule has 7 heteroatoms. The van der Waals surface area contributed by atoms with Crippen LogP contribution >= 0.6 is 0 Å². The van der Waals surface area contributed by atoms with Gasteiger partial charge in [-0.3, -0.25) is 19.3 Å². The van der Waals surface area contributed by atoms with Crippen LogP contribution in [0, 0.1) is 0 Å². The standard InChI is InChI=1S/C17H22N2O5/c1-17(23,9-12-3-5-13(24-2)6-4-12)11-18-14(20)10-19-15(21)7-8-16(19)22/h3-6,23H,7-11H2,1-2H3,(H,18,20). The number of carbonyl (C=O) groups is 3. The minimum absolute atomic E-state index is 0.0219. The van der Waals surface area contributed by atoms with Gasteiger partial charge < -0.3 is 15.2 Å². The molecule has 0 saturated carbocycles. The van der Waals surface area contributed by atoms with Gasteiger partial charge in [-0.2, -0.15) is 0 Å². The number of imide groups is 1. The highest BCUT2D eigenvalue weighted by atomic mass is 16.5. The molecule has 1 aliphatic rings. The van der Waals surface area contributed by atoms with Gasteiger partial charge in [-0.25, -0.2) is 0 Å². The molecule has 24 heavy (non-hydrogen) atoms. The van der Waals surface area contributed by atoms with Crippen LogP contribution in [0.3, 0.4) is 0 Å². The lowest BCUT2D eigenvalue weighted by molar-refractivity contribution is -0.142. The fourth-order valence-electron chi connectivity index (χ4n) is 2.53. The minimum atomic E-state index is -1.15. The van der Waals surface area contributed by atoms with Crippen molar-refractivity contribution in [1.82, 2.24) is 10.2 Å². The summed E-state index contributed by atoms with van der Waals surface area (Å²) in [5.41, 5.74) is -0.247. The van der Waals surface area contributed by atoms with E-state index in [1.165, 1.54) is 0 Å². The normalized spacial score (nSPS) is 16.9. The van der Waals surface area contributed by atoms with Gasteiger partial charge in [-0.1, -0.05) is 12.1 Å². The molecule has 1 aromatic rings. The Bertz CT molecular complexity index is 608. The van der Waals surface area contributed by atoms with Crippen molar-refractivity contribution in [1.29, 1.82) is 0 Å². The zero-order valence-corrected chi connectivity index (χ0v) is 13.9. The molecule has 3 amide bonds. The smallest absolute Gasteiger partial charge is 0.240 e. The van der Waals surface area contributed by atoms with Gasteiger partial charge in [0.25, 0.3) is 0 Å². The van der Waals surface area contributed by atoms with Crippen LogP contribution in [-0.4, -0.2) is 53.5 Å². The van der Waals surface area contributed by atoms with E-state index < -0.39 is 11.5 Å². The Morgan fingerprint density at radius 3 is 2.38 bits per heavy atom. The lowest BCUT2D eigenvalue weighted by Gasteiger charge is -2.24. The van der Waals surface area contributed by atoms with Crippen molar-refractivity contribution in [3.05, 3.63) is 29.8 Å². The number of benzene rings is 1. The van der Waals surface area contributed by atoms with Gasteiger partial charge in [0.2, 0.25) is 17.7 Å². The van der Waals surface area contributed by atoms with Crippen molar-refractivity contribution in [2.75, 3.05) is 20.2 Å². The maximum atomic E-state index is 11.9. The summed E-state index contributed by atoms with van der Waals surface area (Å²) in [6, 6.07) is 7.29. The summed E-state index contributed by atoms with van der Waals surface area (Å²) >= 11 is 0. The average Bonchev–Trinajstić information content (AvgIpc) is 2.85. The summed E-state index contributed by atoms with van der Waals surface area (Å²) in [4.78, 5) is 35.8. The van der Waals surface area contributed by atoms with Gasteiger partial charge in [0.05, 0.1) is 12.7 Å². The first-order chi connectivity index (χ1) is 11.3. The zero-order valence-electron chi connectivity index (χ0n) is 13.9. The summed E-state index contributed by atoms with van der Waals surface area (Å²) in [5.74, 6) is -0.402. The van der Waals surface area contributed by atoms with E-state index in [0.29, 0.717) is 6.42 Å². The molecule has 2 rings (SSSR count). The van der Waals surface area contributed by atoms with Crippen LogP contribution in [-0.2, 0) is 20.8 Å². The molecular weight excluding hydrogens is 312 g/mol. The van der Waals surface area contributed by atoms with Crippen LogP contribution in [0.15, 0.2) is 24.3 Å². The molecule has 1 unspecified atom stereocenters. The predicted molar refractivity (Wildman–Crippen MR) is 86.3 cm³/mol. The number of amides is 3. The molecule has 0 spiro atoms. The maximum Gasteiger partial charge on any atom is 0.240 e. The molecule has 1 aliphatic heterocycles. The number of nitrogens with one attached hydrogen (secondary N) is 1. The van der Waals surface area contributed by atoms with Crippen molar-refractivity contribution in [2.24, 2.45) is 0 Å². The van der Waals surface area contributed by atoms with Gasteiger partial charge in [-0.15, -0.1) is 0 Å².